The summed E-state index contributed by atoms with van der Waals surface area (Å²) in [6.45, 7) is 1.44. The molecule has 0 aliphatic heterocycles. The summed E-state index contributed by atoms with van der Waals surface area (Å²) >= 11 is 0. The lowest BCUT2D eigenvalue weighted by Gasteiger charge is -2.14. The molecule has 3 aromatic carbocycles. The van der Waals surface area contributed by atoms with Gasteiger partial charge in [0, 0.05) is 12.1 Å². The molecule has 0 aliphatic rings. The molecule has 124 valence electrons. The summed E-state index contributed by atoms with van der Waals surface area (Å²) < 4.78 is 5.39. The van der Waals surface area contributed by atoms with Gasteiger partial charge in [0.15, 0.2) is 0 Å². The first kappa shape index (κ1) is 15.5. The van der Waals surface area contributed by atoms with Gasteiger partial charge in [0.25, 0.3) is 0 Å². The molecule has 4 rings (SSSR count). The predicted molar refractivity (Wildman–Crippen MR) is 98.9 cm³/mol. The van der Waals surface area contributed by atoms with Gasteiger partial charge in [-0.1, -0.05) is 71.9 Å². The van der Waals surface area contributed by atoms with Gasteiger partial charge in [-0.15, -0.1) is 0 Å². The zero-order chi connectivity index (χ0) is 17.1. The molecule has 4 nitrogen and oxygen atoms in total. The topological polar surface area (TPSA) is 42.2 Å². The monoisotopic (exact) mass is 329 g/mol. The Hall–Kier alpha value is -2.98. The van der Waals surface area contributed by atoms with Crippen LogP contribution < -0.4 is 0 Å². The normalized spacial score (nSPS) is 11.3. The zero-order valence-corrected chi connectivity index (χ0v) is 14.1. The van der Waals surface area contributed by atoms with Crippen LogP contribution in [0.25, 0.3) is 22.2 Å². The van der Waals surface area contributed by atoms with E-state index in [1.54, 1.807) is 0 Å². The lowest BCUT2D eigenvalue weighted by molar-refractivity contribution is 0.261. The average Bonchev–Trinajstić information content (AvgIpc) is 3.10. The highest BCUT2D eigenvalue weighted by atomic mass is 16.5. The van der Waals surface area contributed by atoms with Crippen LogP contribution in [0.3, 0.4) is 0 Å². The number of nitrogens with zero attached hydrogens (tertiary/aromatic N) is 3. The van der Waals surface area contributed by atoms with Crippen molar-refractivity contribution in [3.05, 3.63) is 84.3 Å². The van der Waals surface area contributed by atoms with E-state index < -0.39 is 0 Å². The summed E-state index contributed by atoms with van der Waals surface area (Å²) in [5, 5.41) is 6.60. The summed E-state index contributed by atoms with van der Waals surface area (Å²) in [6, 6.07) is 24.8. The lowest BCUT2D eigenvalue weighted by Crippen LogP contribution is -2.17. The number of hydrogen-bond donors (Lipinski definition) is 0. The summed E-state index contributed by atoms with van der Waals surface area (Å²) in [5.41, 5.74) is 2.23. The molecule has 4 heteroatoms. The Bertz CT molecular complexity index is 979. The van der Waals surface area contributed by atoms with Crippen LogP contribution >= 0.6 is 0 Å². The van der Waals surface area contributed by atoms with Crippen molar-refractivity contribution in [1.82, 2.24) is 15.0 Å². The van der Waals surface area contributed by atoms with E-state index in [1.165, 1.54) is 16.3 Å². The van der Waals surface area contributed by atoms with Crippen molar-refractivity contribution in [2.75, 3.05) is 7.05 Å². The van der Waals surface area contributed by atoms with Crippen LogP contribution in [0, 0.1) is 0 Å². The third-order valence-electron chi connectivity index (χ3n) is 4.17. The highest BCUT2D eigenvalue weighted by Gasteiger charge is 2.11. The molecule has 0 saturated carbocycles. The second kappa shape index (κ2) is 6.87. The molecule has 4 aromatic rings. The van der Waals surface area contributed by atoms with Crippen LogP contribution in [0.2, 0.25) is 0 Å². The first-order chi connectivity index (χ1) is 12.3. The quantitative estimate of drug-likeness (QED) is 0.540. The zero-order valence-electron chi connectivity index (χ0n) is 14.1. The molecule has 0 saturated heterocycles. The van der Waals surface area contributed by atoms with E-state index in [1.807, 2.05) is 30.3 Å². The molecular weight excluding hydrogens is 310 g/mol. The van der Waals surface area contributed by atoms with Crippen LogP contribution in [-0.2, 0) is 13.1 Å². The average molecular weight is 329 g/mol. The minimum absolute atomic E-state index is 0.618. The summed E-state index contributed by atoms with van der Waals surface area (Å²) in [7, 11) is 2.06. The van der Waals surface area contributed by atoms with E-state index in [0.29, 0.717) is 18.3 Å². The van der Waals surface area contributed by atoms with Crippen molar-refractivity contribution >= 4 is 10.8 Å². The van der Waals surface area contributed by atoms with E-state index >= 15 is 0 Å². The number of aromatic nitrogens is 2. The SMILES string of the molecule is CN(Cc1ccc2ccccc2c1)Cc1nc(-c2ccccc2)no1. The summed E-state index contributed by atoms with van der Waals surface area (Å²) in [5.74, 6) is 1.26. The van der Waals surface area contributed by atoms with Crippen LogP contribution in [-0.4, -0.2) is 22.1 Å². The van der Waals surface area contributed by atoms with Crippen LogP contribution in [0.4, 0.5) is 0 Å². The smallest absolute Gasteiger partial charge is 0.241 e. The Morgan fingerprint density at radius 1 is 0.840 bits per heavy atom. The van der Waals surface area contributed by atoms with Gasteiger partial charge in [-0.3, -0.25) is 4.90 Å². The maximum Gasteiger partial charge on any atom is 0.241 e. The van der Waals surface area contributed by atoms with Gasteiger partial charge < -0.3 is 4.52 Å². The molecule has 0 atom stereocenters. The van der Waals surface area contributed by atoms with E-state index in [0.717, 1.165) is 12.1 Å². The van der Waals surface area contributed by atoms with Gasteiger partial charge in [0.2, 0.25) is 11.7 Å². The second-order valence-corrected chi connectivity index (χ2v) is 6.23. The maximum atomic E-state index is 5.39. The van der Waals surface area contributed by atoms with E-state index in [2.05, 4.69) is 64.6 Å². The number of fused-ring (bicyclic) bond motifs is 1. The van der Waals surface area contributed by atoms with Gasteiger partial charge in [-0.2, -0.15) is 4.98 Å². The second-order valence-electron chi connectivity index (χ2n) is 6.23. The molecule has 0 amide bonds. The summed E-state index contributed by atoms with van der Waals surface area (Å²) in [4.78, 5) is 6.67. The molecule has 25 heavy (non-hydrogen) atoms. The summed E-state index contributed by atoms with van der Waals surface area (Å²) in [6.07, 6.45) is 0. The van der Waals surface area contributed by atoms with Crippen molar-refractivity contribution in [2.24, 2.45) is 0 Å². The first-order valence-electron chi connectivity index (χ1n) is 8.32. The predicted octanol–water partition coefficient (Wildman–Crippen LogP) is 4.52. The molecular formula is C21H19N3O. The molecule has 0 radical (unpaired) electrons. The fourth-order valence-corrected chi connectivity index (χ4v) is 2.96. The van der Waals surface area contributed by atoms with Crippen molar-refractivity contribution in [3.63, 3.8) is 0 Å². The lowest BCUT2D eigenvalue weighted by atomic mass is 10.1. The molecule has 0 fully saturated rings. The van der Waals surface area contributed by atoms with Gasteiger partial charge in [-0.25, -0.2) is 0 Å². The Labute approximate surface area is 146 Å². The van der Waals surface area contributed by atoms with E-state index in [9.17, 15) is 0 Å². The number of rotatable bonds is 5. The van der Waals surface area contributed by atoms with E-state index in [-0.39, 0.29) is 0 Å². The van der Waals surface area contributed by atoms with Gasteiger partial charge >= 0.3 is 0 Å². The standard InChI is InChI=1S/C21H19N3O/c1-24(14-16-11-12-17-7-5-6-10-19(17)13-16)15-20-22-21(23-25-20)18-8-3-2-4-9-18/h2-13H,14-15H2,1H3. The Morgan fingerprint density at radius 2 is 1.60 bits per heavy atom. The highest BCUT2D eigenvalue weighted by molar-refractivity contribution is 5.82. The third kappa shape index (κ3) is 3.59. The van der Waals surface area contributed by atoms with Crippen molar-refractivity contribution in [3.8, 4) is 11.4 Å². The number of hydrogen-bond acceptors (Lipinski definition) is 4. The van der Waals surface area contributed by atoms with Crippen molar-refractivity contribution < 1.29 is 4.52 Å². The molecule has 0 bridgehead atoms. The minimum atomic E-state index is 0.618. The molecule has 1 aromatic heterocycles. The third-order valence-corrected chi connectivity index (χ3v) is 4.17. The first-order valence-corrected chi connectivity index (χ1v) is 8.32. The highest BCUT2D eigenvalue weighted by Crippen LogP contribution is 2.18. The molecule has 0 aliphatic carbocycles. The van der Waals surface area contributed by atoms with Gasteiger partial charge in [0.1, 0.15) is 0 Å². The van der Waals surface area contributed by atoms with E-state index in [4.69, 9.17) is 4.52 Å². The van der Waals surface area contributed by atoms with Gasteiger partial charge in [0.05, 0.1) is 6.54 Å². The molecule has 1 heterocycles. The van der Waals surface area contributed by atoms with Crippen LogP contribution in [0.15, 0.2) is 77.3 Å². The largest absolute Gasteiger partial charge is 0.338 e. The van der Waals surface area contributed by atoms with Gasteiger partial charge in [-0.05, 0) is 29.4 Å². The molecule has 0 unspecified atom stereocenters. The molecule has 0 spiro atoms. The minimum Gasteiger partial charge on any atom is -0.338 e. The maximum absolute atomic E-state index is 5.39. The Balaban J connectivity index is 1.45. The van der Waals surface area contributed by atoms with Crippen molar-refractivity contribution in [1.29, 1.82) is 0 Å². The van der Waals surface area contributed by atoms with Crippen molar-refractivity contribution in [2.45, 2.75) is 13.1 Å². The molecule has 0 N–H and O–H groups in total. The fourth-order valence-electron chi connectivity index (χ4n) is 2.96. The number of benzene rings is 3. The van der Waals surface area contributed by atoms with Crippen LogP contribution in [0.1, 0.15) is 11.5 Å². The fraction of sp³-hybridized carbons (Fsp3) is 0.143. The Morgan fingerprint density at radius 3 is 2.44 bits per heavy atom. The Kier molecular flexibility index (Phi) is 4.27. The van der Waals surface area contributed by atoms with Crippen LogP contribution in [0.5, 0.6) is 0 Å².